The molecular weight excluding hydrogens is 662 g/mol. The van der Waals surface area contributed by atoms with Crippen LogP contribution < -0.4 is 0 Å². The maximum absolute atomic E-state index is 2.54. The Morgan fingerprint density at radius 2 is 0.423 bits per heavy atom. The summed E-state index contributed by atoms with van der Waals surface area (Å²) in [6.07, 6.45) is 64.2. The van der Waals surface area contributed by atoms with E-state index >= 15 is 0 Å². The zero-order valence-electron chi connectivity index (χ0n) is 38.3. The third kappa shape index (κ3) is 42.0. The molecule has 0 saturated heterocycles. The first-order chi connectivity index (χ1) is 25.6. The molecule has 0 amide bonds. The lowest BCUT2D eigenvalue weighted by atomic mass is 10.1. The molecule has 52 heavy (non-hydrogen) atoms. The van der Waals surface area contributed by atoms with Gasteiger partial charge in [0.15, 0.2) is 0 Å². The van der Waals surface area contributed by atoms with E-state index in [0.29, 0.717) is 7.92 Å². The van der Waals surface area contributed by atoms with Crippen LogP contribution in [0.3, 0.4) is 0 Å². The molecule has 0 saturated carbocycles. The predicted octanol–water partition coefficient (Wildman–Crippen LogP) is 19.7. The van der Waals surface area contributed by atoms with Gasteiger partial charge in [-0.15, -0.1) is 7.92 Å². The van der Waals surface area contributed by atoms with E-state index in [1.165, 1.54) is 237 Å². The fourth-order valence-electron chi connectivity index (χ4n) is 8.18. The van der Waals surface area contributed by atoms with Crippen LogP contribution in [0.25, 0.3) is 0 Å². The largest absolute Gasteiger partial charge is 0.107 e. The van der Waals surface area contributed by atoms with E-state index in [9.17, 15) is 0 Å². The van der Waals surface area contributed by atoms with E-state index in [1.54, 1.807) is 37.0 Å². The highest BCUT2D eigenvalue weighted by Crippen LogP contribution is 2.60. The maximum atomic E-state index is 2.54. The zero-order chi connectivity index (χ0) is 38.5. The van der Waals surface area contributed by atoms with Crippen LogP contribution in [0.4, 0.5) is 0 Å². The average Bonchev–Trinajstić information content (AvgIpc) is 3.16. The van der Waals surface area contributed by atoms with E-state index in [0.717, 1.165) is 0 Å². The lowest BCUT2D eigenvalue weighted by molar-refractivity contribution is 0.615. The third-order valence-electron chi connectivity index (χ3n) is 12.1. The van der Waals surface area contributed by atoms with Crippen molar-refractivity contribution in [3.05, 3.63) is 0 Å². The molecule has 0 aromatic carbocycles. The summed E-state index contributed by atoms with van der Waals surface area (Å²) in [5, 5.41) is 0. The van der Waals surface area contributed by atoms with Gasteiger partial charge < -0.3 is 0 Å². The van der Waals surface area contributed by atoms with Gasteiger partial charge in [-0.1, -0.05) is 215 Å². The Bertz CT molecular complexity index is 524. The van der Waals surface area contributed by atoms with Gasteiger partial charge in [0.25, 0.3) is 0 Å². The molecule has 0 aromatic rings. The summed E-state index contributed by atoms with van der Waals surface area (Å²) in [6.45, 7) is 16.5. The van der Waals surface area contributed by atoms with Crippen molar-refractivity contribution in [2.75, 3.05) is 43.1 Å². The van der Waals surface area contributed by atoms with E-state index in [2.05, 4.69) is 48.5 Å². The Morgan fingerprint density at radius 3 is 0.635 bits per heavy atom. The Kier molecular flexibility index (Phi) is 50.7. The van der Waals surface area contributed by atoms with Crippen molar-refractivity contribution >= 4 is 15.2 Å². The molecule has 0 aliphatic heterocycles. The molecule has 0 atom stereocenters. The Labute approximate surface area is 336 Å². The van der Waals surface area contributed by atoms with Crippen LogP contribution in [0.15, 0.2) is 0 Å². The number of hydrogen-bond acceptors (Lipinski definition) is 0. The Balaban J connectivity index is 0. The van der Waals surface area contributed by atoms with Crippen molar-refractivity contribution in [2.24, 2.45) is 0 Å². The fraction of sp³-hybridized carbons (Fsp3) is 1.00. The van der Waals surface area contributed by atoms with Crippen molar-refractivity contribution in [3.8, 4) is 0 Å². The first kappa shape index (κ1) is 55.0. The smallest absolute Gasteiger partial charge is 0.0594 e. The zero-order valence-corrected chi connectivity index (χ0v) is 40.1. The number of hydrogen-bond donors (Lipinski definition) is 0. The minimum absolute atomic E-state index is 0.366. The monoisotopic (exact) mass is 770 g/mol. The molecule has 2 heteroatoms. The molecular formula is C50H107P2+. The molecule has 0 N–H and O–H groups in total. The van der Waals surface area contributed by atoms with Gasteiger partial charge >= 0.3 is 0 Å². The van der Waals surface area contributed by atoms with E-state index in [4.69, 9.17) is 0 Å². The summed E-state index contributed by atoms with van der Waals surface area (Å²) < 4.78 is 0. The highest BCUT2D eigenvalue weighted by molar-refractivity contribution is 7.75. The molecule has 0 aliphatic carbocycles. The highest BCUT2D eigenvalue weighted by Gasteiger charge is 2.33. The van der Waals surface area contributed by atoms with Crippen LogP contribution in [-0.4, -0.2) is 43.1 Å². The summed E-state index contributed by atoms with van der Waals surface area (Å²) >= 11 is 0. The SMILES string of the molecule is CCCCCCCCP(CCCCCCCC)CCCCCCCC.CCCCCCCC[P+](CC)(CCCCCCCC)CCCCCCCC. The number of unbranched alkanes of at least 4 members (excludes halogenated alkanes) is 30. The second kappa shape index (κ2) is 48.0. The second-order valence-electron chi connectivity index (χ2n) is 17.3. The highest BCUT2D eigenvalue weighted by atomic mass is 31.2. The molecule has 0 aromatic heterocycles. The van der Waals surface area contributed by atoms with Crippen LogP contribution in [0.5, 0.6) is 0 Å². The summed E-state index contributed by atoms with van der Waals surface area (Å²) in [4.78, 5) is 0. The summed E-state index contributed by atoms with van der Waals surface area (Å²) in [7, 11) is -0.278. The van der Waals surface area contributed by atoms with Crippen molar-refractivity contribution in [1.82, 2.24) is 0 Å². The minimum Gasteiger partial charge on any atom is -0.107 e. The summed E-state index contributed by atoms with van der Waals surface area (Å²) in [5.74, 6) is 0. The molecule has 0 aliphatic rings. The molecule has 0 radical (unpaired) electrons. The Hall–Kier alpha value is 0.860. The molecule has 316 valence electrons. The molecule has 0 heterocycles. The van der Waals surface area contributed by atoms with Gasteiger partial charge in [-0.3, -0.25) is 0 Å². The normalized spacial score (nSPS) is 11.8. The number of rotatable bonds is 43. The van der Waals surface area contributed by atoms with Crippen LogP contribution >= 0.6 is 15.2 Å². The van der Waals surface area contributed by atoms with Crippen molar-refractivity contribution in [1.29, 1.82) is 0 Å². The third-order valence-corrected chi connectivity index (χ3v) is 20.1. The van der Waals surface area contributed by atoms with Gasteiger partial charge in [0, 0.05) is 7.26 Å². The van der Waals surface area contributed by atoms with Crippen molar-refractivity contribution in [2.45, 2.75) is 280 Å². The lowest BCUT2D eigenvalue weighted by Crippen LogP contribution is -2.11. The first-order valence-corrected chi connectivity index (χ1v) is 29.6. The van der Waals surface area contributed by atoms with Crippen LogP contribution in [0.2, 0.25) is 0 Å². The van der Waals surface area contributed by atoms with Crippen molar-refractivity contribution in [3.63, 3.8) is 0 Å². The van der Waals surface area contributed by atoms with E-state index in [1.807, 2.05) is 0 Å². The molecule has 0 nitrogen and oxygen atoms in total. The van der Waals surface area contributed by atoms with Crippen molar-refractivity contribution < 1.29 is 0 Å². The van der Waals surface area contributed by atoms with Gasteiger partial charge in [-0.05, 0) is 83.2 Å². The van der Waals surface area contributed by atoms with Gasteiger partial charge in [0.1, 0.15) is 0 Å². The molecule has 0 fully saturated rings. The first-order valence-electron chi connectivity index (χ1n) is 25.2. The molecule has 0 unspecified atom stereocenters. The molecule has 0 rings (SSSR count). The van der Waals surface area contributed by atoms with Crippen LogP contribution in [-0.2, 0) is 0 Å². The second-order valence-corrected chi connectivity index (χ2v) is 24.6. The van der Waals surface area contributed by atoms with E-state index in [-0.39, 0.29) is 0 Å². The molecule has 0 bridgehead atoms. The standard InChI is InChI=1S/C26H56P.C24H51P/c1-5-9-12-15-18-21-24-27(8-4,25-22-19-16-13-10-6-2)26-23-20-17-14-11-7-3;1-4-7-10-13-16-19-22-25(23-20-17-14-11-8-5-2)24-21-18-15-12-9-6-3/h5-26H2,1-4H3;4-24H2,1-3H3/q+1;. The Morgan fingerprint density at radius 1 is 0.231 bits per heavy atom. The lowest BCUT2D eigenvalue weighted by Gasteiger charge is -2.27. The topological polar surface area (TPSA) is 0 Å². The van der Waals surface area contributed by atoms with Crippen LogP contribution in [0.1, 0.15) is 280 Å². The van der Waals surface area contributed by atoms with Gasteiger partial charge in [-0.2, -0.15) is 0 Å². The minimum atomic E-state index is -0.644. The maximum Gasteiger partial charge on any atom is 0.0594 e. The van der Waals surface area contributed by atoms with Gasteiger partial charge in [-0.25, -0.2) is 0 Å². The molecule has 0 spiro atoms. The van der Waals surface area contributed by atoms with Crippen LogP contribution in [0, 0.1) is 0 Å². The average molecular weight is 770 g/mol. The van der Waals surface area contributed by atoms with Gasteiger partial charge in [0.05, 0.1) is 24.6 Å². The summed E-state index contributed by atoms with van der Waals surface area (Å²) in [5.41, 5.74) is 0. The summed E-state index contributed by atoms with van der Waals surface area (Å²) in [6, 6.07) is 0. The fourth-order valence-corrected chi connectivity index (χ4v) is 15.2. The van der Waals surface area contributed by atoms with E-state index < -0.39 is 7.26 Å². The van der Waals surface area contributed by atoms with Gasteiger partial charge in [0.2, 0.25) is 0 Å². The predicted molar refractivity (Wildman–Crippen MR) is 254 cm³/mol. The quantitative estimate of drug-likeness (QED) is 0.0428.